The van der Waals surface area contributed by atoms with Gasteiger partial charge < -0.3 is 4.74 Å². The lowest BCUT2D eigenvalue weighted by atomic mass is 9.96. The van der Waals surface area contributed by atoms with E-state index in [0.29, 0.717) is 18.6 Å². The van der Waals surface area contributed by atoms with E-state index in [4.69, 9.17) is 4.74 Å². The quantitative estimate of drug-likeness (QED) is 0.485. The lowest BCUT2D eigenvalue weighted by Gasteiger charge is -2.08. The summed E-state index contributed by atoms with van der Waals surface area (Å²) in [6.45, 7) is 0. The van der Waals surface area contributed by atoms with Crippen LogP contribution in [0, 0.1) is 0 Å². The average Bonchev–Trinajstić information content (AvgIpc) is 2.31. The molecule has 11 heavy (non-hydrogen) atoms. The van der Waals surface area contributed by atoms with Gasteiger partial charge in [-0.05, 0) is 18.4 Å². The summed E-state index contributed by atoms with van der Waals surface area (Å²) in [5.41, 5.74) is 0.909. The van der Waals surface area contributed by atoms with Crippen LogP contribution >= 0.6 is 0 Å². The first kappa shape index (κ1) is 6.58. The normalized spacial score (nSPS) is 23.6. The van der Waals surface area contributed by atoms with Gasteiger partial charge in [0.25, 0.3) is 0 Å². The number of Topliss-reactive ketones (excluding diaryl/α,β-unsaturated/α-hetero) is 1. The lowest BCUT2D eigenvalue weighted by Crippen LogP contribution is -2.09. The van der Waals surface area contributed by atoms with Crippen LogP contribution in [0.25, 0.3) is 0 Å². The molecule has 0 unspecified atom stereocenters. The molecular formula is C8H8O3. The largest absolute Gasteiger partial charge is 0.423 e. The van der Waals surface area contributed by atoms with Crippen LogP contribution in [-0.2, 0) is 14.3 Å². The molecule has 0 fully saturated rings. The van der Waals surface area contributed by atoms with Crippen molar-refractivity contribution in [2.75, 3.05) is 0 Å². The van der Waals surface area contributed by atoms with Crippen LogP contribution in [0.2, 0.25) is 0 Å². The second-order valence-electron chi connectivity index (χ2n) is 2.86. The summed E-state index contributed by atoms with van der Waals surface area (Å²) in [6, 6.07) is 0. The molecule has 0 atom stereocenters. The molecule has 0 radical (unpaired) electrons. The van der Waals surface area contributed by atoms with Crippen molar-refractivity contribution in [3.05, 3.63) is 11.3 Å². The van der Waals surface area contributed by atoms with Gasteiger partial charge in [-0.2, -0.15) is 0 Å². The van der Waals surface area contributed by atoms with E-state index in [1.807, 2.05) is 0 Å². The number of hydrogen-bond donors (Lipinski definition) is 0. The number of rotatable bonds is 0. The van der Waals surface area contributed by atoms with Gasteiger partial charge in [-0.1, -0.05) is 0 Å². The summed E-state index contributed by atoms with van der Waals surface area (Å²) < 4.78 is 4.77. The van der Waals surface area contributed by atoms with Gasteiger partial charge in [0.05, 0.1) is 6.42 Å². The van der Waals surface area contributed by atoms with E-state index in [9.17, 15) is 9.59 Å². The van der Waals surface area contributed by atoms with Crippen molar-refractivity contribution in [3.8, 4) is 0 Å². The fraction of sp³-hybridized carbons (Fsp3) is 0.500. The van der Waals surface area contributed by atoms with Gasteiger partial charge in [-0.3, -0.25) is 9.59 Å². The van der Waals surface area contributed by atoms with E-state index in [0.717, 1.165) is 18.4 Å². The highest BCUT2D eigenvalue weighted by Gasteiger charge is 2.30. The first-order valence-corrected chi connectivity index (χ1v) is 3.73. The highest BCUT2D eigenvalue weighted by molar-refractivity contribution is 6.00. The van der Waals surface area contributed by atoms with Crippen LogP contribution in [0.15, 0.2) is 11.3 Å². The molecular weight excluding hydrogens is 144 g/mol. The molecule has 0 aromatic rings. The highest BCUT2D eigenvalue weighted by Crippen LogP contribution is 2.30. The minimum absolute atomic E-state index is 0.00269. The van der Waals surface area contributed by atoms with Crippen LogP contribution < -0.4 is 0 Å². The topological polar surface area (TPSA) is 43.4 Å². The Morgan fingerprint density at radius 2 is 2.00 bits per heavy atom. The van der Waals surface area contributed by atoms with Crippen LogP contribution in [0.1, 0.15) is 25.7 Å². The predicted molar refractivity (Wildman–Crippen MR) is 36.6 cm³/mol. The third kappa shape index (κ3) is 0.964. The minimum atomic E-state index is -0.273. The Balaban J connectivity index is 2.32. The van der Waals surface area contributed by atoms with Crippen molar-refractivity contribution in [2.24, 2.45) is 0 Å². The Bertz CT molecular complexity index is 263. The highest BCUT2D eigenvalue weighted by atomic mass is 16.5. The molecule has 3 heteroatoms. The molecule has 0 N–H and O–H groups in total. The van der Waals surface area contributed by atoms with Crippen molar-refractivity contribution in [2.45, 2.75) is 25.7 Å². The van der Waals surface area contributed by atoms with E-state index in [1.165, 1.54) is 0 Å². The van der Waals surface area contributed by atoms with Crippen molar-refractivity contribution >= 4 is 11.8 Å². The van der Waals surface area contributed by atoms with Gasteiger partial charge in [0, 0.05) is 6.42 Å². The zero-order chi connectivity index (χ0) is 7.84. The fourth-order valence-electron chi connectivity index (χ4n) is 1.51. The summed E-state index contributed by atoms with van der Waals surface area (Å²) in [5.74, 6) is 0.0728. The summed E-state index contributed by atoms with van der Waals surface area (Å²) >= 11 is 0. The molecule has 0 aromatic carbocycles. The first-order chi connectivity index (χ1) is 5.27. The standard InChI is InChI=1S/C8H8O3/c9-6-3-1-2-5-4-7(10)11-8(5)6/h1-4H2. The molecule has 0 saturated heterocycles. The van der Waals surface area contributed by atoms with Gasteiger partial charge in [-0.25, -0.2) is 0 Å². The Morgan fingerprint density at radius 1 is 1.18 bits per heavy atom. The smallest absolute Gasteiger partial charge is 0.315 e. The van der Waals surface area contributed by atoms with Gasteiger partial charge in [-0.15, -0.1) is 0 Å². The Morgan fingerprint density at radius 3 is 2.73 bits per heavy atom. The Kier molecular flexibility index (Phi) is 1.31. The molecule has 1 heterocycles. The van der Waals surface area contributed by atoms with Gasteiger partial charge in [0.1, 0.15) is 0 Å². The second kappa shape index (κ2) is 2.19. The van der Waals surface area contributed by atoms with Gasteiger partial charge in [0.15, 0.2) is 11.5 Å². The van der Waals surface area contributed by atoms with Gasteiger partial charge in [0.2, 0.25) is 0 Å². The summed E-state index contributed by atoms with van der Waals surface area (Å²) in [7, 11) is 0. The zero-order valence-electron chi connectivity index (χ0n) is 6.05. The van der Waals surface area contributed by atoms with E-state index >= 15 is 0 Å². The third-order valence-electron chi connectivity index (χ3n) is 2.03. The van der Waals surface area contributed by atoms with E-state index in [2.05, 4.69) is 0 Å². The number of ketones is 1. The number of ether oxygens (including phenoxy) is 1. The lowest BCUT2D eigenvalue weighted by molar-refractivity contribution is -0.139. The maximum absolute atomic E-state index is 11.1. The van der Waals surface area contributed by atoms with Crippen molar-refractivity contribution in [1.29, 1.82) is 0 Å². The SMILES string of the molecule is O=C1CC2=C(O1)C(=O)CCC2. The molecule has 1 aliphatic heterocycles. The Hall–Kier alpha value is -1.12. The maximum Gasteiger partial charge on any atom is 0.315 e. The molecule has 0 bridgehead atoms. The monoisotopic (exact) mass is 152 g/mol. The fourth-order valence-corrected chi connectivity index (χ4v) is 1.51. The third-order valence-corrected chi connectivity index (χ3v) is 2.03. The zero-order valence-corrected chi connectivity index (χ0v) is 6.05. The Labute approximate surface area is 64.0 Å². The van der Waals surface area contributed by atoms with Crippen LogP contribution in [-0.4, -0.2) is 11.8 Å². The van der Waals surface area contributed by atoms with E-state index in [-0.39, 0.29) is 11.8 Å². The predicted octanol–water partition coefficient (Wildman–Crippen LogP) is 0.940. The van der Waals surface area contributed by atoms with Crippen LogP contribution in [0.4, 0.5) is 0 Å². The molecule has 1 aliphatic carbocycles. The molecule has 2 rings (SSSR count). The summed E-state index contributed by atoms with van der Waals surface area (Å²) in [6.07, 6.45) is 2.59. The number of esters is 1. The summed E-state index contributed by atoms with van der Waals surface area (Å²) in [4.78, 5) is 21.8. The molecule has 0 aromatic heterocycles. The van der Waals surface area contributed by atoms with E-state index < -0.39 is 0 Å². The molecule has 58 valence electrons. The van der Waals surface area contributed by atoms with Crippen molar-refractivity contribution < 1.29 is 14.3 Å². The molecule has 0 amide bonds. The maximum atomic E-state index is 11.1. The number of allylic oxidation sites excluding steroid dienone is 1. The van der Waals surface area contributed by atoms with E-state index in [1.54, 1.807) is 0 Å². The van der Waals surface area contributed by atoms with Crippen molar-refractivity contribution in [3.63, 3.8) is 0 Å². The average molecular weight is 152 g/mol. The minimum Gasteiger partial charge on any atom is -0.423 e. The number of carbonyl (C=O) groups excluding carboxylic acids is 2. The summed E-state index contributed by atoms with van der Waals surface area (Å²) in [5, 5.41) is 0. The molecule has 2 aliphatic rings. The molecule has 0 saturated carbocycles. The number of carbonyl (C=O) groups is 2. The molecule has 3 nitrogen and oxygen atoms in total. The van der Waals surface area contributed by atoms with Crippen LogP contribution in [0.5, 0.6) is 0 Å². The first-order valence-electron chi connectivity index (χ1n) is 3.73. The van der Waals surface area contributed by atoms with Gasteiger partial charge >= 0.3 is 5.97 Å². The number of hydrogen-bond acceptors (Lipinski definition) is 3. The molecule has 0 spiro atoms. The van der Waals surface area contributed by atoms with Crippen molar-refractivity contribution in [1.82, 2.24) is 0 Å². The second-order valence-corrected chi connectivity index (χ2v) is 2.86. The van der Waals surface area contributed by atoms with Crippen LogP contribution in [0.3, 0.4) is 0 Å².